The average Bonchev–Trinajstić information content (AvgIpc) is 3.05. The van der Waals surface area contributed by atoms with Crippen molar-refractivity contribution in [1.82, 2.24) is 14.4 Å². The SMILES string of the molecule is O=C(Cn1c(=O)oc2ccccc21)N1CCN(CCOc2ccccc2Cl)CC1. The fraction of sp³-hybridized carbons (Fsp3) is 0.333. The van der Waals surface area contributed by atoms with Gasteiger partial charge in [-0.25, -0.2) is 4.79 Å². The van der Waals surface area contributed by atoms with E-state index in [1.54, 1.807) is 29.2 Å². The molecule has 0 unspecified atom stereocenters. The molecular weight excluding hydrogens is 394 g/mol. The maximum absolute atomic E-state index is 12.7. The summed E-state index contributed by atoms with van der Waals surface area (Å²) in [5, 5.41) is 0.602. The Morgan fingerprint density at radius 2 is 1.76 bits per heavy atom. The van der Waals surface area contributed by atoms with Crippen LogP contribution >= 0.6 is 11.6 Å². The van der Waals surface area contributed by atoms with Gasteiger partial charge in [-0.1, -0.05) is 35.9 Å². The lowest BCUT2D eigenvalue weighted by atomic mass is 10.3. The summed E-state index contributed by atoms with van der Waals surface area (Å²) in [4.78, 5) is 28.8. The number of amides is 1. The van der Waals surface area contributed by atoms with E-state index in [1.165, 1.54) is 4.57 Å². The summed E-state index contributed by atoms with van der Waals surface area (Å²) in [5.74, 6) is 0.0984. The van der Waals surface area contributed by atoms with E-state index in [0.29, 0.717) is 41.6 Å². The highest BCUT2D eigenvalue weighted by atomic mass is 35.5. The summed E-state index contributed by atoms with van der Waals surface area (Å²) >= 11 is 6.09. The normalized spacial score (nSPS) is 15.0. The Bertz CT molecular complexity index is 1050. The maximum Gasteiger partial charge on any atom is 0.420 e. The monoisotopic (exact) mass is 415 g/mol. The van der Waals surface area contributed by atoms with E-state index in [2.05, 4.69) is 4.90 Å². The molecule has 2 heterocycles. The number of para-hydroxylation sites is 3. The van der Waals surface area contributed by atoms with Crippen LogP contribution in [-0.4, -0.2) is 59.6 Å². The first kappa shape index (κ1) is 19.5. The van der Waals surface area contributed by atoms with Gasteiger partial charge in [0, 0.05) is 32.7 Å². The minimum absolute atomic E-state index is 0.00847. The van der Waals surface area contributed by atoms with Crippen LogP contribution < -0.4 is 10.5 Å². The Balaban J connectivity index is 1.27. The number of carbonyl (C=O) groups excluding carboxylic acids is 1. The number of rotatable bonds is 6. The zero-order chi connectivity index (χ0) is 20.2. The summed E-state index contributed by atoms with van der Waals surface area (Å²) < 4.78 is 12.3. The first-order chi connectivity index (χ1) is 14.1. The van der Waals surface area contributed by atoms with Gasteiger partial charge < -0.3 is 14.1 Å². The number of halogens is 1. The third kappa shape index (κ3) is 4.46. The van der Waals surface area contributed by atoms with Gasteiger partial charge in [-0.15, -0.1) is 0 Å². The van der Waals surface area contributed by atoms with Crippen molar-refractivity contribution in [2.24, 2.45) is 0 Å². The number of piperazine rings is 1. The van der Waals surface area contributed by atoms with E-state index in [1.807, 2.05) is 24.3 Å². The number of aromatic nitrogens is 1. The van der Waals surface area contributed by atoms with E-state index in [9.17, 15) is 9.59 Å². The van der Waals surface area contributed by atoms with Crippen LogP contribution in [0.3, 0.4) is 0 Å². The molecule has 1 aromatic heterocycles. The predicted molar refractivity (Wildman–Crippen MR) is 110 cm³/mol. The Kier molecular flexibility index (Phi) is 5.87. The minimum Gasteiger partial charge on any atom is -0.491 e. The first-order valence-corrected chi connectivity index (χ1v) is 9.95. The molecule has 0 saturated carbocycles. The molecular formula is C21H22ClN3O4. The third-order valence-corrected chi connectivity index (χ3v) is 5.41. The van der Waals surface area contributed by atoms with Gasteiger partial charge in [0.05, 0.1) is 10.5 Å². The molecule has 1 amide bonds. The quantitative estimate of drug-likeness (QED) is 0.618. The second kappa shape index (κ2) is 8.71. The lowest BCUT2D eigenvalue weighted by Gasteiger charge is -2.34. The third-order valence-electron chi connectivity index (χ3n) is 5.09. The molecule has 1 aliphatic heterocycles. The van der Waals surface area contributed by atoms with Crippen LogP contribution in [0.1, 0.15) is 0 Å². The maximum atomic E-state index is 12.7. The molecule has 0 radical (unpaired) electrons. The molecule has 152 valence electrons. The average molecular weight is 416 g/mol. The second-order valence-corrected chi connectivity index (χ2v) is 7.33. The van der Waals surface area contributed by atoms with E-state index >= 15 is 0 Å². The zero-order valence-corrected chi connectivity index (χ0v) is 16.7. The van der Waals surface area contributed by atoms with Crippen molar-refractivity contribution in [3.05, 3.63) is 64.1 Å². The van der Waals surface area contributed by atoms with E-state index < -0.39 is 5.76 Å². The van der Waals surface area contributed by atoms with Gasteiger partial charge in [-0.3, -0.25) is 14.3 Å². The Morgan fingerprint density at radius 1 is 1.03 bits per heavy atom. The van der Waals surface area contributed by atoms with Crippen molar-refractivity contribution in [2.45, 2.75) is 6.54 Å². The van der Waals surface area contributed by atoms with Gasteiger partial charge in [-0.2, -0.15) is 0 Å². The molecule has 3 aromatic rings. The molecule has 1 fully saturated rings. The molecule has 0 spiro atoms. The van der Waals surface area contributed by atoms with Gasteiger partial charge in [0.2, 0.25) is 5.91 Å². The van der Waals surface area contributed by atoms with Crippen molar-refractivity contribution in [1.29, 1.82) is 0 Å². The summed E-state index contributed by atoms with van der Waals surface area (Å²) in [6, 6.07) is 14.5. The zero-order valence-electron chi connectivity index (χ0n) is 15.9. The van der Waals surface area contributed by atoms with Crippen LogP contribution in [0.4, 0.5) is 0 Å². The topological polar surface area (TPSA) is 67.9 Å². The van der Waals surface area contributed by atoms with Gasteiger partial charge in [0.15, 0.2) is 5.58 Å². The van der Waals surface area contributed by atoms with E-state index in [0.717, 1.165) is 19.6 Å². The summed E-state index contributed by atoms with van der Waals surface area (Å²) in [6.07, 6.45) is 0. The molecule has 0 bridgehead atoms. The number of oxazole rings is 1. The molecule has 0 N–H and O–H groups in total. The standard InChI is InChI=1S/C21H22ClN3O4/c22-16-5-1-3-7-18(16)28-14-13-23-9-11-24(12-10-23)20(26)15-25-17-6-2-4-8-19(17)29-21(25)27/h1-8H,9-15H2. The fourth-order valence-electron chi connectivity index (χ4n) is 3.47. The van der Waals surface area contributed by atoms with Gasteiger partial charge in [0.25, 0.3) is 0 Å². The van der Waals surface area contributed by atoms with Crippen LogP contribution in [0, 0.1) is 0 Å². The number of fused-ring (bicyclic) bond motifs is 1. The van der Waals surface area contributed by atoms with Gasteiger partial charge in [0.1, 0.15) is 18.9 Å². The van der Waals surface area contributed by atoms with Crippen LogP contribution in [0.5, 0.6) is 5.75 Å². The van der Waals surface area contributed by atoms with Crippen molar-refractivity contribution >= 4 is 28.6 Å². The molecule has 1 aliphatic rings. The molecule has 1 saturated heterocycles. The highest BCUT2D eigenvalue weighted by Gasteiger charge is 2.22. The Morgan fingerprint density at radius 3 is 2.55 bits per heavy atom. The van der Waals surface area contributed by atoms with E-state index in [-0.39, 0.29) is 12.5 Å². The number of hydrogen-bond donors (Lipinski definition) is 0. The van der Waals surface area contributed by atoms with Crippen molar-refractivity contribution in [3.63, 3.8) is 0 Å². The largest absolute Gasteiger partial charge is 0.491 e. The fourth-order valence-corrected chi connectivity index (χ4v) is 3.66. The van der Waals surface area contributed by atoms with Gasteiger partial charge in [-0.05, 0) is 24.3 Å². The molecule has 0 atom stereocenters. The van der Waals surface area contributed by atoms with Crippen molar-refractivity contribution in [3.8, 4) is 5.75 Å². The summed E-state index contributed by atoms with van der Waals surface area (Å²) in [6.45, 7) is 4.06. The highest BCUT2D eigenvalue weighted by Crippen LogP contribution is 2.23. The molecule has 4 rings (SSSR count). The Labute approximate surface area is 173 Å². The molecule has 0 aliphatic carbocycles. The first-order valence-electron chi connectivity index (χ1n) is 9.57. The lowest BCUT2D eigenvalue weighted by Crippen LogP contribution is -2.50. The smallest absolute Gasteiger partial charge is 0.420 e. The van der Waals surface area contributed by atoms with Crippen LogP contribution in [0.2, 0.25) is 5.02 Å². The number of ether oxygens (including phenoxy) is 1. The summed E-state index contributed by atoms with van der Waals surface area (Å²) in [5.41, 5.74) is 1.13. The van der Waals surface area contributed by atoms with Crippen molar-refractivity contribution < 1.29 is 13.9 Å². The van der Waals surface area contributed by atoms with E-state index in [4.69, 9.17) is 20.8 Å². The van der Waals surface area contributed by atoms with Crippen molar-refractivity contribution in [2.75, 3.05) is 39.3 Å². The number of carbonyl (C=O) groups is 1. The second-order valence-electron chi connectivity index (χ2n) is 6.92. The molecule has 2 aromatic carbocycles. The number of hydrogen-bond acceptors (Lipinski definition) is 5. The van der Waals surface area contributed by atoms with Gasteiger partial charge >= 0.3 is 5.76 Å². The molecule has 7 nitrogen and oxygen atoms in total. The highest BCUT2D eigenvalue weighted by molar-refractivity contribution is 6.32. The number of nitrogens with zero attached hydrogens (tertiary/aromatic N) is 3. The minimum atomic E-state index is -0.505. The summed E-state index contributed by atoms with van der Waals surface area (Å²) in [7, 11) is 0. The predicted octanol–water partition coefficient (Wildman–Crippen LogP) is 2.47. The van der Waals surface area contributed by atoms with Crippen LogP contribution in [0.25, 0.3) is 11.1 Å². The molecule has 8 heteroatoms. The van der Waals surface area contributed by atoms with Crippen LogP contribution in [-0.2, 0) is 11.3 Å². The van der Waals surface area contributed by atoms with Crippen LogP contribution in [0.15, 0.2) is 57.7 Å². The Hall–Kier alpha value is -2.77. The molecule has 29 heavy (non-hydrogen) atoms. The lowest BCUT2D eigenvalue weighted by molar-refractivity contribution is -0.133. The number of benzene rings is 2.